The zero-order valence-electron chi connectivity index (χ0n) is 10.4. The number of hydrogen-bond donors (Lipinski definition) is 0. The number of benzene rings is 1. The van der Waals surface area contributed by atoms with Gasteiger partial charge in [-0.05, 0) is 31.4 Å². The minimum Gasteiger partial charge on any atom is -0.328 e. The van der Waals surface area contributed by atoms with Crippen molar-refractivity contribution in [1.29, 1.82) is 5.26 Å². The number of imidazole rings is 1. The van der Waals surface area contributed by atoms with E-state index in [0.717, 1.165) is 29.8 Å². The van der Waals surface area contributed by atoms with E-state index in [0.29, 0.717) is 22.4 Å². The number of aryl methyl sites for hydroxylation is 1. The SMILES string of the molecule is N#CCCCn1c(C2CC2)nc2cc(Cl)c(Cl)cc21. The third kappa shape index (κ3) is 2.43. The zero-order valence-corrected chi connectivity index (χ0v) is 11.9. The van der Waals surface area contributed by atoms with Crippen LogP contribution in [0.15, 0.2) is 12.1 Å². The van der Waals surface area contributed by atoms with E-state index in [1.807, 2.05) is 12.1 Å². The highest BCUT2D eigenvalue weighted by atomic mass is 35.5. The molecule has 1 aromatic carbocycles. The Hall–Kier alpha value is -1.24. The van der Waals surface area contributed by atoms with Gasteiger partial charge in [0.15, 0.2) is 0 Å². The van der Waals surface area contributed by atoms with Gasteiger partial charge in [0.05, 0.1) is 27.1 Å². The van der Waals surface area contributed by atoms with Gasteiger partial charge in [-0.2, -0.15) is 5.26 Å². The molecule has 0 atom stereocenters. The Labute approximate surface area is 121 Å². The van der Waals surface area contributed by atoms with E-state index in [-0.39, 0.29) is 0 Å². The second-order valence-corrected chi connectivity index (χ2v) is 5.73. The molecule has 0 bridgehead atoms. The average Bonchev–Trinajstić information content (AvgIpc) is 3.17. The Morgan fingerprint density at radius 2 is 2.05 bits per heavy atom. The van der Waals surface area contributed by atoms with Crippen molar-refractivity contribution >= 4 is 34.2 Å². The average molecular weight is 294 g/mol. The van der Waals surface area contributed by atoms with Crippen LogP contribution < -0.4 is 0 Å². The van der Waals surface area contributed by atoms with Crippen LogP contribution in [0.3, 0.4) is 0 Å². The van der Waals surface area contributed by atoms with Gasteiger partial charge < -0.3 is 4.57 Å². The molecule has 5 heteroatoms. The lowest BCUT2D eigenvalue weighted by molar-refractivity contribution is 0.635. The minimum atomic E-state index is 0.540. The Morgan fingerprint density at radius 1 is 1.32 bits per heavy atom. The zero-order chi connectivity index (χ0) is 13.4. The van der Waals surface area contributed by atoms with Gasteiger partial charge in [-0.3, -0.25) is 0 Å². The van der Waals surface area contributed by atoms with E-state index < -0.39 is 0 Å². The highest BCUT2D eigenvalue weighted by Gasteiger charge is 2.29. The van der Waals surface area contributed by atoms with E-state index >= 15 is 0 Å². The molecule has 1 aromatic heterocycles. The fourth-order valence-electron chi connectivity index (χ4n) is 2.34. The molecule has 19 heavy (non-hydrogen) atoms. The Kier molecular flexibility index (Phi) is 3.38. The lowest BCUT2D eigenvalue weighted by Crippen LogP contribution is -2.02. The predicted molar refractivity (Wildman–Crippen MR) is 76.6 cm³/mol. The van der Waals surface area contributed by atoms with Gasteiger partial charge in [0.1, 0.15) is 5.82 Å². The predicted octanol–water partition coefficient (Wildman–Crippen LogP) is 4.52. The van der Waals surface area contributed by atoms with E-state index in [2.05, 4.69) is 10.6 Å². The van der Waals surface area contributed by atoms with Crippen LogP contribution in [-0.2, 0) is 6.54 Å². The minimum absolute atomic E-state index is 0.540. The topological polar surface area (TPSA) is 41.6 Å². The maximum Gasteiger partial charge on any atom is 0.112 e. The van der Waals surface area contributed by atoms with Crippen molar-refractivity contribution in [1.82, 2.24) is 9.55 Å². The van der Waals surface area contributed by atoms with E-state index in [4.69, 9.17) is 33.4 Å². The molecule has 0 radical (unpaired) electrons. The largest absolute Gasteiger partial charge is 0.328 e. The molecule has 2 aromatic rings. The summed E-state index contributed by atoms with van der Waals surface area (Å²) in [6.45, 7) is 0.813. The third-order valence-electron chi connectivity index (χ3n) is 3.43. The Morgan fingerprint density at radius 3 is 2.74 bits per heavy atom. The van der Waals surface area contributed by atoms with Crippen molar-refractivity contribution in [3.05, 3.63) is 28.0 Å². The third-order valence-corrected chi connectivity index (χ3v) is 4.15. The van der Waals surface area contributed by atoms with Gasteiger partial charge in [-0.15, -0.1) is 0 Å². The van der Waals surface area contributed by atoms with Crippen molar-refractivity contribution < 1.29 is 0 Å². The summed E-state index contributed by atoms with van der Waals surface area (Å²) in [5, 5.41) is 9.76. The smallest absolute Gasteiger partial charge is 0.112 e. The molecule has 1 aliphatic rings. The van der Waals surface area contributed by atoms with Crippen LogP contribution in [0.2, 0.25) is 10.0 Å². The van der Waals surface area contributed by atoms with Crippen LogP contribution in [0.5, 0.6) is 0 Å². The molecular formula is C14H13Cl2N3. The normalized spacial score (nSPS) is 14.8. The van der Waals surface area contributed by atoms with Crippen molar-refractivity contribution in [2.45, 2.75) is 38.1 Å². The van der Waals surface area contributed by atoms with Crippen LogP contribution in [-0.4, -0.2) is 9.55 Å². The number of nitrogens with zero attached hydrogens (tertiary/aromatic N) is 3. The number of rotatable bonds is 4. The number of hydrogen-bond acceptors (Lipinski definition) is 2. The molecule has 0 N–H and O–H groups in total. The lowest BCUT2D eigenvalue weighted by atomic mass is 10.3. The van der Waals surface area contributed by atoms with Gasteiger partial charge in [0.2, 0.25) is 0 Å². The summed E-state index contributed by atoms with van der Waals surface area (Å²) in [4.78, 5) is 4.69. The summed E-state index contributed by atoms with van der Waals surface area (Å²) in [5.74, 6) is 1.68. The Balaban J connectivity index is 2.06. The molecule has 0 saturated heterocycles. The first-order chi connectivity index (χ1) is 9.20. The van der Waals surface area contributed by atoms with Crippen LogP contribution in [0, 0.1) is 11.3 Å². The fraction of sp³-hybridized carbons (Fsp3) is 0.429. The van der Waals surface area contributed by atoms with Crippen molar-refractivity contribution in [3.8, 4) is 6.07 Å². The summed E-state index contributed by atoms with van der Waals surface area (Å²) < 4.78 is 2.20. The number of fused-ring (bicyclic) bond motifs is 1. The molecular weight excluding hydrogens is 281 g/mol. The second-order valence-electron chi connectivity index (χ2n) is 4.91. The maximum atomic E-state index is 8.67. The fourth-order valence-corrected chi connectivity index (χ4v) is 2.66. The molecule has 1 heterocycles. The molecule has 0 spiro atoms. The van der Waals surface area contributed by atoms with Gasteiger partial charge in [0, 0.05) is 18.9 Å². The van der Waals surface area contributed by atoms with E-state index in [1.165, 1.54) is 12.8 Å². The first-order valence-corrected chi connectivity index (χ1v) is 7.18. The molecule has 0 unspecified atom stereocenters. The van der Waals surface area contributed by atoms with Crippen LogP contribution in [0.25, 0.3) is 11.0 Å². The van der Waals surface area contributed by atoms with Gasteiger partial charge in [-0.1, -0.05) is 23.2 Å². The summed E-state index contributed by atoms with van der Waals surface area (Å²) in [6.07, 6.45) is 3.79. The monoisotopic (exact) mass is 293 g/mol. The maximum absolute atomic E-state index is 8.67. The van der Waals surface area contributed by atoms with Crippen molar-refractivity contribution in [3.63, 3.8) is 0 Å². The van der Waals surface area contributed by atoms with Gasteiger partial charge in [-0.25, -0.2) is 4.98 Å². The summed E-state index contributed by atoms with van der Waals surface area (Å²) in [7, 11) is 0. The summed E-state index contributed by atoms with van der Waals surface area (Å²) in [6, 6.07) is 5.89. The number of unbranched alkanes of at least 4 members (excludes halogenated alkanes) is 1. The first kappa shape index (κ1) is 12.8. The molecule has 1 aliphatic carbocycles. The summed E-state index contributed by atoms with van der Waals surface area (Å²) >= 11 is 12.1. The molecule has 0 amide bonds. The summed E-state index contributed by atoms with van der Waals surface area (Å²) in [5.41, 5.74) is 1.92. The first-order valence-electron chi connectivity index (χ1n) is 6.43. The standard InChI is InChI=1S/C14H13Cl2N3/c15-10-7-12-13(8-11(10)16)19(6-2-1-5-17)14(18-12)9-3-4-9/h7-9H,1-4,6H2. The molecule has 1 fully saturated rings. The van der Waals surface area contributed by atoms with E-state index in [1.54, 1.807) is 0 Å². The van der Waals surface area contributed by atoms with Crippen molar-refractivity contribution in [2.24, 2.45) is 0 Å². The lowest BCUT2D eigenvalue weighted by Gasteiger charge is -2.07. The second kappa shape index (κ2) is 5.03. The number of aromatic nitrogens is 2. The van der Waals surface area contributed by atoms with E-state index in [9.17, 15) is 0 Å². The van der Waals surface area contributed by atoms with Crippen LogP contribution in [0.4, 0.5) is 0 Å². The van der Waals surface area contributed by atoms with Gasteiger partial charge >= 0.3 is 0 Å². The molecule has 1 saturated carbocycles. The molecule has 3 rings (SSSR count). The quantitative estimate of drug-likeness (QED) is 0.778. The highest BCUT2D eigenvalue weighted by Crippen LogP contribution is 2.41. The molecule has 3 nitrogen and oxygen atoms in total. The number of halogens is 2. The van der Waals surface area contributed by atoms with Gasteiger partial charge in [0.25, 0.3) is 0 Å². The van der Waals surface area contributed by atoms with Crippen molar-refractivity contribution in [2.75, 3.05) is 0 Å². The highest BCUT2D eigenvalue weighted by molar-refractivity contribution is 6.42. The Bertz CT molecular complexity index is 665. The number of nitriles is 1. The molecule has 0 aliphatic heterocycles. The van der Waals surface area contributed by atoms with Crippen LogP contribution in [0.1, 0.15) is 37.4 Å². The van der Waals surface area contributed by atoms with Crippen LogP contribution >= 0.6 is 23.2 Å². The molecule has 98 valence electrons.